The summed E-state index contributed by atoms with van der Waals surface area (Å²) in [6.45, 7) is 7.55. The number of carbonyl (C=O) groups is 1. The average molecular weight is 216 g/mol. The molecule has 1 atom stereocenters. The predicted molar refractivity (Wildman–Crippen MR) is 61.6 cm³/mol. The number of nitrogens with one attached hydrogen (secondary N) is 1. The van der Waals surface area contributed by atoms with Crippen molar-refractivity contribution in [3.8, 4) is 0 Å². The Morgan fingerprint density at radius 1 is 1.47 bits per heavy atom. The molecule has 15 heavy (non-hydrogen) atoms. The van der Waals surface area contributed by atoms with E-state index in [4.69, 9.17) is 10.5 Å². The minimum absolute atomic E-state index is 0.0418. The van der Waals surface area contributed by atoms with Gasteiger partial charge in [-0.15, -0.1) is 0 Å². The quantitative estimate of drug-likeness (QED) is 0.593. The minimum Gasteiger partial charge on any atom is -0.372 e. The highest BCUT2D eigenvalue weighted by atomic mass is 16.5. The molecule has 0 aromatic heterocycles. The molecule has 0 radical (unpaired) electrons. The smallest absolute Gasteiger partial charge is 0.246 e. The number of hydrogen-bond acceptors (Lipinski definition) is 3. The third kappa shape index (κ3) is 9.69. The Balaban J connectivity index is 3.44. The Morgan fingerprint density at radius 2 is 2.13 bits per heavy atom. The van der Waals surface area contributed by atoms with Crippen molar-refractivity contribution >= 4 is 5.91 Å². The van der Waals surface area contributed by atoms with Gasteiger partial charge in [0.2, 0.25) is 5.91 Å². The topological polar surface area (TPSA) is 64.3 Å². The van der Waals surface area contributed by atoms with Crippen LogP contribution in [0.25, 0.3) is 0 Å². The molecule has 0 aromatic rings. The second kappa shape index (κ2) is 8.68. The highest BCUT2D eigenvalue weighted by molar-refractivity contribution is 5.77. The summed E-state index contributed by atoms with van der Waals surface area (Å²) in [4.78, 5) is 11.2. The molecule has 0 spiro atoms. The van der Waals surface area contributed by atoms with Crippen molar-refractivity contribution in [2.75, 3.05) is 19.8 Å². The van der Waals surface area contributed by atoms with Crippen molar-refractivity contribution in [1.29, 1.82) is 0 Å². The summed E-state index contributed by atoms with van der Waals surface area (Å²) in [5, 5.41) is 2.76. The lowest BCUT2D eigenvalue weighted by atomic mass is 10.0. The van der Waals surface area contributed by atoms with E-state index in [2.05, 4.69) is 19.2 Å². The zero-order valence-corrected chi connectivity index (χ0v) is 10.1. The van der Waals surface area contributed by atoms with E-state index < -0.39 is 0 Å². The number of rotatable bonds is 8. The molecular formula is C11H24N2O2. The standard InChI is InChI=1S/C11H24N2O2/c1-4-5-15-8-11(14)13-7-10(12)6-9(2)3/h9-10H,4-8,12H2,1-3H3,(H,13,14). The first-order valence-corrected chi connectivity index (χ1v) is 5.66. The lowest BCUT2D eigenvalue weighted by Gasteiger charge is -2.14. The summed E-state index contributed by atoms with van der Waals surface area (Å²) < 4.78 is 5.11. The Hall–Kier alpha value is -0.610. The van der Waals surface area contributed by atoms with Crippen LogP contribution in [0, 0.1) is 5.92 Å². The monoisotopic (exact) mass is 216 g/mol. The van der Waals surface area contributed by atoms with Gasteiger partial charge in [-0.3, -0.25) is 4.79 Å². The number of ether oxygens (including phenoxy) is 1. The maximum atomic E-state index is 11.2. The second-order valence-electron chi connectivity index (χ2n) is 4.25. The van der Waals surface area contributed by atoms with Crippen LogP contribution in [0.2, 0.25) is 0 Å². The van der Waals surface area contributed by atoms with Crippen LogP contribution in [0.3, 0.4) is 0 Å². The third-order valence-corrected chi connectivity index (χ3v) is 1.92. The summed E-state index contributed by atoms with van der Waals surface area (Å²) in [6.07, 6.45) is 1.86. The number of carbonyl (C=O) groups excluding carboxylic acids is 1. The molecule has 0 heterocycles. The van der Waals surface area contributed by atoms with Gasteiger partial charge in [0.05, 0.1) is 0 Å². The highest BCUT2D eigenvalue weighted by Gasteiger charge is 2.07. The molecule has 1 unspecified atom stereocenters. The second-order valence-corrected chi connectivity index (χ2v) is 4.25. The SMILES string of the molecule is CCCOCC(=O)NCC(N)CC(C)C. The largest absolute Gasteiger partial charge is 0.372 e. The lowest BCUT2D eigenvalue weighted by molar-refractivity contribution is -0.125. The molecule has 0 aromatic carbocycles. The first-order chi connectivity index (χ1) is 7.06. The van der Waals surface area contributed by atoms with Crippen LogP contribution in [-0.4, -0.2) is 31.7 Å². The summed E-state index contributed by atoms with van der Waals surface area (Å²) in [5.74, 6) is 0.482. The van der Waals surface area contributed by atoms with Crippen molar-refractivity contribution in [3.05, 3.63) is 0 Å². The van der Waals surface area contributed by atoms with E-state index in [-0.39, 0.29) is 18.6 Å². The van der Waals surface area contributed by atoms with Gasteiger partial charge in [-0.25, -0.2) is 0 Å². The van der Waals surface area contributed by atoms with E-state index in [0.717, 1.165) is 12.8 Å². The molecule has 90 valence electrons. The average Bonchev–Trinajstić information content (AvgIpc) is 2.14. The first-order valence-electron chi connectivity index (χ1n) is 5.66. The first kappa shape index (κ1) is 14.4. The summed E-state index contributed by atoms with van der Waals surface area (Å²) in [6, 6.07) is 0.0418. The van der Waals surface area contributed by atoms with E-state index in [1.807, 2.05) is 6.92 Å². The maximum Gasteiger partial charge on any atom is 0.246 e. The van der Waals surface area contributed by atoms with E-state index in [1.54, 1.807) is 0 Å². The van der Waals surface area contributed by atoms with Crippen molar-refractivity contribution in [2.24, 2.45) is 11.7 Å². The molecule has 0 rings (SSSR count). The normalized spacial score (nSPS) is 12.9. The van der Waals surface area contributed by atoms with Crippen LogP contribution in [0.4, 0.5) is 0 Å². The van der Waals surface area contributed by atoms with E-state index in [0.29, 0.717) is 19.1 Å². The predicted octanol–water partition coefficient (Wildman–Crippen LogP) is 0.903. The molecule has 0 fully saturated rings. The Bertz CT molecular complexity index is 172. The molecule has 0 saturated carbocycles. The van der Waals surface area contributed by atoms with Crippen molar-refractivity contribution in [3.63, 3.8) is 0 Å². The molecular weight excluding hydrogens is 192 g/mol. The van der Waals surface area contributed by atoms with E-state index in [1.165, 1.54) is 0 Å². The van der Waals surface area contributed by atoms with Crippen LogP contribution in [-0.2, 0) is 9.53 Å². The van der Waals surface area contributed by atoms with E-state index >= 15 is 0 Å². The molecule has 4 heteroatoms. The van der Waals surface area contributed by atoms with Crippen molar-refractivity contribution in [1.82, 2.24) is 5.32 Å². The fourth-order valence-corrected chi connectivity index (χ4v) is 1.29. The highest BCUT2D eigenvalue weighted by Crippen LogP contribution is 2.01. The molecule has 0 aliphatic rings. The van der Waals surface area contributed by atoms with Crippen LogP contribution >= 0.6 is 0 Å². The van der Waals surface area contributed by atoms with Gasteiger partial charge in [-0.1, -0.05) is 20.8 Å². The zero-order valence-electron chi connectivity index (χ0n) is 10.1. The fraction of sp³-hybridized carbons (Fsp3) is 0.909. The minimum atomic E-state index is -0.0809. The van der Waals surface area contributed by atoms with Crippen LogP contribution in [0.15, 0.2) is 0 Å². The summed E-state index contributed by atoms with van der Waals surface area (Å²) in [5.41, 5.74) is 5.82. The molecule has 0 aliphatic heterocycles. The van der Waals surface area contributed by atoms with Crippen LogP contribution < -0.4 is 11.1 Å². The fourth-order valence-electron chi connectivity index (χ4n) is 1.29. The molecule has 4 nitrogen and oxygen atoms in total. The Morgan fingerprint density at radius 3 is 2.67 bits per heavy atom. The van der Waals surface area contributed by atoms with Gasteiger partial charge in [0, 0.05) is 19.2 Å². The number of nitrogens with two attached hydrogens (primary N) is 1. The molecule has 0 aliphatic carbocycles. The Labute approximate surface area is 92.6 Å². The van der Waals surface area contributed by atoms with Crippen molar-refractivity contribution < 1.29 is 9.53 Å². The van der Waals surface area contributed by atoms with Gasteiger partial charge in [0.25, 0.3) is 0 Å². The molecule has 1 amide bonds. The van der Waals surface area contributed by atoms with E-state index in [9.17, 15) is 4.79 Å². The lowest BCUT2D eigenvalue weighted by Crippen LogP contribution is -2.39. The molecule has 0 bridgehead atoms. The zero-order chi connectivity index (χ0) is 11.7. The van der Waals surface area contributed by atoms with Crippen LogP contribution in [0.5, 0.6) is 0 Å². The molecule has 3 N–H and O–H groups in total. The summed E-state index contributed by atoms with van der Waals surface area (Å²) in [7, 11) is 0. The van der Waals surface area contributed by atoms with Gasteiger partial charge in [0.15, 0.2) is 0 Å². The summed E-state index contributed by atoms with van der Waals surface area (Å²) >= 11 is 0. The maximum absolute atomic E-state index is 11.2. The van der Waals surface area contributed by atoms with Gasteiger partial charge >= 0.3 is 0 Å². The van der Waals surface area contributed by atoms with Crippen LogP contribution in [0.1, 0.15) is 33.6 Å². The van der Waals surface area contributed by atoms with Crippen molar-refractivity contribution in [2.45, 2.75) is 39.7 Å². The third-order valence-electron chi connectivity index (χ3n) is 1.92. The number of amides is 1. The molecule has 0 saturated heterocycles. The van der Waals surface area contributed by atoms with Gasteiger partial charge < -0.3 is 15.8 Å². The number of hydrogen-bond donors (Lipinski definition) is 2. The Kier molecular flexibility index (Phi) is 8.33. The van der Waals surface area contributed by atoms with Gasteiger partial charge in [0.1, 0.15) is 6.61 Å². The van der Waals surface area contributed by atoms with Gasteiger partial charge in [-0.05, 0) is 18.8 Å². The van der Waals surface area contributed by atoms with Gasteiger partial charge in [-0.2, -0.15) is 0 Å².